The summed E-state index contributed by atoms with van der Waals surface area (Å²) in [5, 5.41) is 15.5. The van der Waals surface area contributed by atoms with Gasteiger partial charge in [-0.2, -0.15) is 18.4 Å². The Labute approximate surface area is 185 Å². The summed E-state index contributed by atoms with van der Waals surface area (Å²) >= 11 is 6.10. The molecule has 3 aromatic carbocycles. The molecule has 0 unspecified atom stereocenters. The lowest BCUT2D eigenvalue weighted by molar-refractivity contribution is -0.137. The zero-order chi connectivity index (χ0) is 22.9. The van der Waals surface area contributed by atoms with E-state index in [1.54, 1.807) is 24.4 Å². The van der Waals surface area contributed by atoms with Crippen molar-refractivity contribution >= 4 is 39.9 Å². The third-order valence-electron chi connectivity index (χ3n) is 4.76. The minimum Gasteiger partial charge on any atom is -0.359 e. The summed E-state index contributed by atoms with van der Waals surface area (Å²) in [5.74, 6) is 0. The highest BCUT2D eigenvalue weighted by Gasteiger charge is 2.30. The molecular formula is C23H14ClF3N4O. The molecule has 0 spiro atoms. The van der Waals surface area contributed by atoms with Crippen LogP contribution in [0.1, 0.15) is 11.1 Å². The second-order valence-electron chi connectivity index (χ2n) is 6.96. The molecule has 3 N–H and O–H groups in total. The predicted octanol–water partition coefficient (Wildman–Crippen LogP) is 7.02. The van der Waals surface area contributed by atoms with Gasteiger partial charge in [0.05, 0.1) is 22.9 Å². The first-order chi connectivity index (χ1) is 15.2. The van der Waals surface area contributed by atoms with E-state index in [1.165, 1.54) is 12.1 Å². The van der Waals surface area contributed by atoms with Gasteiger partial charge < -0.3 is 15.6 Å². The molecule has 9 heteroatoms. The van der Waals surface area contributed by atoms with Gasteiger partial charge in [-0.25, -0.2) is 4.79 Å². The van der Waals surface area contributed by atoms with Crippen LogP contribution in [0, 0.1) is 11.3 Å². The monoisotopic (exact) mass is 454 g/mol. The molecule has 4 rings (SSSR count). The fourth-order valence-electron chi connectivity index (χ4n) is 3.25. The first-order valence-corrected chi connectivity index (χ1v) is 9.68. The average Bonchev–Trinajstić information content (AvgIpc) is 3.14. The van der Waals surface area contributed by atoms with Crippen molar-refractivity contribution in [1.82, 2.24) is 4.98 Å². The standard InChI is InChI=1S/C23H14ClF3N4O/c24-17-8-13(11-28)7-15(9-17)14-1-6-20-19(10-14)21(12-29-20)31-22(32)30-18-4-2-16(3-5-18)23(25,26)27/h1-10,12,29H,(H2,30,31,32). The van der Waals surface area contributed by atoms with E-state index in [2.05, 4.69) is 21.7 Å². The number of nitrogens with zero attached hydrogens (tertiary/aromatic N) is 1. The van der Waals surface area contributed by atoms with Gasteiger partial charge in [0.2, 0.25) is 0 Å². The quantitative estimate of drug-likeness (QED) is 0.311. The number of halogens is 4. The maximum absolute atomic E-state index is 12.7. The Morgan fingerprint density at radius 2 is 1.72 bits per heavy atom. The van der Waals surface area contributed by atoms with E-state index in [-0.39, 0.29) is 5.69 Å². The minimum atomic E-state index is -4.44. The first-order valence-electron chi connectivity index (χ1n) is 9.30. The molecule has 160 valence electrons. The van der Waals surface area contributed by atoms with Gasteiger partial charge in [-0.3, -0.25) is 0 Å². The summed E-state index contributed by atoms with van der Waals surface area (Å²) in [5.41, 5.74) is 2.64. The molecule has 0 fully saturated rings. The topological polar surface area (TPSA) is 80.7 Å². The average molecular weight is 455 g/mol. The van der Waals surface area contributed by atoms with Gasteiger partial charge in [-0.1, -0.05) is 17.7 Å². The van der Waals surface area contributed by atoms with Crippen LogP contribution in [0.3, 0.4) is 0 Å². The van der Waals surface area contributed by atoms with Crippen LogP contribution in [0.15, 0.2) is 66.9 Å². The van der Waals surface area contributed by atoms with Crippen molar-refractivity contribution in [2.75, 3.05) is 10.6 Å². The third-order valence-corrected chi connectivity index (χ3v) is 4.98. The van der Waals surface area contributed by atoms with Gasteiger partial charge in [0.25, 0.3) is 0 Å². The van der Waals surface area contributed by atoms with E-state index >= 15 is 0 Å². The number of amides is 2. The Bertz CT molecular complexity index is 1350. The maximum atomic E-state index is 12.7. The molecule has 0 saturated carbocycles. The van der Waals surface area contributed by atoms with Crippen LogP contribution < -0.4 is 10.6 Å². The van der Waals surface area contributed by atoms with Crippen LogP contribution in [-0.4, -0.2) is 11.0 Å². The second-order valence-corrected chi connectivity index (χ2v) is 7.39. The fourth-order valence-corrected chi connectivity index (χ4v) is 3.49. The molecular weight excluding hydrogens is 441 g/mol. The van der Waals surface area contributed by atoms with Crippen molar-refractivity contribution in [2.24, 2.45) is 0 Å². The van der Waals surface area contributed by atoms with E-state index in [1.807, 2.05) is 18.2 Å². The molecule has 0 saturated heterocycles. The molecule has 0 bridgehead atoms. The number of benzene rings is 3. The highest BCUT2D eigenvalue weighted by molar-refractivity contribution is 6.31. The second kappa shape index (κ2) is 8.29. The number of hydrogen-bond acceptors (Lipinski definition) is 2. The number of nitriles is 1. The molecule has 1 aromatic heterocycles. The van der Waals surface area contributed by atoms with Crippen molar-refractivity contribution in [3.05, 3.63) is 83.0 Å². The highest BCUT2D eigenvalue weighted by Crippen LogP contribution is 2.32. The number of carbonyl (C=O) groups excluding carboxylic acids is 1. The molecule has 5 nitrogen and oxygen atoms in total. The van der Waals surface area contributed by atoms with Crippen LogP contribution in [0.5, 0.6) is 0 Å². The molecule has 0 atom stereocenters. The van der Waals surface area contributed by atoms with Crippen LogP contribution in [0.4, 0.5) is 29.3 Å². The molecule has 0 radical (unpaired) electrons. The summed E-state index contributed by atoms with van der Waals surface area (Å²) in [7, 11) is 0. The normalized spacial score (nSPS) is 11.2. The van der Waals surface area contributed by atoms with E-state index < -0.39 is 17.8 Å². The number of hydrogen-bond donors (Lipinski definition) is 3. The van der Waals surface area contributed by atoms with Crippen molar-refractivity contribution in [3.8, 4) is 17.2 Å². The van der Waals surface area contributed by atoms with Crippen LogP contribution >= 0.6 is 11.6 Å². The molecule has 0 aliphatic heterocycles. The predicted molar refractivity (Wildman–Crippen MR) is 118 cm³/mol. The number of carbonyl (C=O) groups is 1. The third kappa shape index (κ3) is 4.53. The minimum absolute atomic E-state index is 0.221. The number of anilines is 2. The Balaban J connectivity index is 1.56. The zero-order valence-corrected chi connectivity index (χ0v) is 17.0. The van der Waals surface area contributed by atoms with E-state index in [0.717, 1.165) is 28.8 Å². The fraction of sp³-hybridized carbons (Fsp3) is 0.0435. The Kier molecular flexibility index (Phi) is 5.51. The van der Waals surface area contributed by atoms with Gasteiger partial charge in [0, 0.05) is 27.8 Å². The molecule has 32 heavy (non-hydrogen) atoms. The number of urea groups is 1. The van der Waals surface area contributed by atoms with Gasteiger partial charge in [0.1, 0.15) is 0 Å². The van der Waals surface area contributed by atoms with Crippen LogP contribution in [0.25, 0.3) is 22.0 Å². The molecule has 0 aliphatic rings. The lowest BCUT2D eigenvalue weighted by Gasteiger charge is -2.10. The Morgan fingerprint density at radius 1 is 0.969 bits per heavy atom. The maximum Gasteiger partial charge on any atom is 0.416 e. The molecule has 0 aliphatic carbocycles. The van der Waals surface area contributed by atoms with E-state index in [9.17, 15) is 18.0 Å². The molecule has 4 aromatic rings. The summed E-state index contributed by atoms with van der Waals surface area (Å²) < 4.78 is 38.0. The number of fused-ring (bicyclic) bond motifs is 1. The summed E-state index contributed by atoms with van der Waals surface area (Å²) in [6.45, 7) is 0. The number of aromatic nitrogens is 1. The van der Waals surface area contributed by atoms with Crippen molar-refractivity contribution in [3.63, 3.8) is 0 Å². The summed E-state index contributed by atoms with van der Waals surface area (Å²) in [6.07, 6.45) is -2.83. The van der Waals surface area contributed by atoms with Gasteiger partial charge in [-0.05, 0) is 65.7 Å². The lowest BCUT2D eigenvalue weighted by atomic mass is 10.0. The van der Waals surface area contributed by atoms with Gasteiger partial charge >= 0.3 is 12.2 Å². The number of H-pyrrole nitrogens is 1. The van der Waals surface area contributed by atoms with Crippen molar-refractivity contribution < 1.29 is 18.0 Å². The van der Waals surface area contributed by atoms with Crippen molar-refractivity contribution in [1.29, 1.82) is 5.26 Å². The summed E-state index contributed by atoms with van der Waals surface area (Å²) in [6, 6.07) is 16.2. The Morgan fingerprint density at radius 3 is 2.41 bits per heavy atom. The molecule has 1 heterocycles. The van der Waals surface area contributed by atoms with Crippen LogP contribution in [-0.2, 0) is 6.18 Å². The molecule has 2 amide bonds. The van der Waals surface area contributed by atoms with Gasteiger partial charge in [0.15, 0.2) is 0 Å². The highest BCUT2D eigenvalue weighted by atomic mass is 35.5. The summed E-state index contributed by atoms with van der Waals surface area (Å²) in [4.78, 5) is 15.4. The first kappa shape index (κ1) is 21.3. The number of alkyl halides is 3. The lowest BCUT2D eigenvalue weighted by Crippen LogP contribution is -2.19. The number of rotatable bonds is 3. The smallest absolute Gasteiger partial charge is 0.359 e. The van der Waals surface area contributed by atoms with E-state index in [0.29, 0.717) is 21.7 Å². The van der Waals surface area contributed by atoms with E-state index in [4.69, 9.17) is 16.9 Å². The van der Waals surface area contributed by atoms with Gasteiger partial charge in [-0.15, -0.1) is 0 Å². The number of nitrogens with one attached hydrogen (secondary N) is 3. The SMILES string of the molecule is N#Cc1cc(Cl)cc(-c2ccc3[nH]cc(NC(=O)Nc4ccc(C(F)(F)F)cc4)c3c2)c1. The zero-order valence-electron chi connectivity index (χ0n) is 16.2. The van der Waals surface area contributed by atoms with Crippen LogP contribution in [0.2, 0.25) is 5.02 Å². The number of aromatic amines is 1. The Hall–Kier alpha value is -3.96. The van der Waals surface area contributed by atoms with Crippen molar-refractivity contribution in [2.45, 2.75) is 6.18 Å². The largest absolute Gasteiger partial charge is 0.416 e.